The summed E-state index contributed by atoms with van der Waals surface area (Å²) >= 11 is 3.00. The standard InChI is InChI=1S/C14H11BrF3NO/c1-20-13-6-8(2-4-12(13)17)19-7-9-11(16)5-3-10(15)14(9)18/h2-6,19H,7H2,1H3. The van der Waals surface area contributed by atoms with E-state index in [2.05, 4.69) is 21.2 Å². The van der Waals surface area contributed by atoms with E-state index in [9.17, 15) is 13.2 Å². The molecule has 0 saturated carbocycles. The Balaban J connectivity index is 2.19. The van der Waals surface area contributed by atoms with Crippen LogP contribution < -0.4 is 10.1 Å². The van der Waals surface area contributed by atoms with E-state index in [-0.39, 0.29) is 22.3 Å². The van der Waals surface area contributed by atoms with Crippen molar-refractivity contribution in [2.75, 3.05) is 12.4 Å². The van der Waals surface area contributed by atoms with Crippen molar-refractivity contribution < 1.29 is 17.9 Å². The third-order valence-electron chi connectivity index (χ3n) is 2.76. The maximum Gasteiger partial charge on any atom is 0.165 e. The second-order valence-electron chi connectivity index (χ2n) is 4.02. The second-order valence-corrected chi connectivity index (χ2v) is 4.88. The molecule has 0 unspecified atom stereocenters. The number of hydrogen-bond donors (Lipinski definition) is 1. The minimum atomic E-state index is -0.661. The molecule has 0 radical (unpaired) electrons. The molecule has 2 rings (SSSR count). The van der Waals surface area contributed by atoms with Gasteiger partial charge in [-0.3, -0.25) is 0 Å². The highest BCUT2D eigenvalue weighted by Crippen LogP contribution is 2.25. The van der Waals surface area contributed by atoms with Crippen LogP contribution >= 0.6 is 15.9 Å². The highest BCUT2D eigenvalue weighted by atomic mass is 79.9. The van der Waals surface area contributed by atoms with Crippen molar-refractivity contribution in [3.63, 3.8) is 0 Å². The quantitative estimate of drug-likeness (QED) is 0.824. The molecule has 0 amide bonds. The summed E-state index contributed by atoms with van der Waals surface area (Å²) in [6.07, 6.45) is 0. The van der Waals surface area contributed by atoms with Gasteiger partial charge in [-0.1, -0.05) is 0 Å². The summed E-state index contributed by atoms with van der Waals surface area (Å²) in [6.45, 7) is -0.0636. The highest BCUT2D eigenvalue weighted by Gasteiger charge is 2.12. The zero-order valence-corrected chi connectivity index (χ0v) is 12.1. The largest absolute Gasteiger partial charge is 0.494 e. The van der Waals surface area contributed by atoms with Gasteiger partial charge in [0.15, 0.2) is 11.6 Å². The van der Waals surface area contributed by atoms with Crippen LogP contribution in [-0.4, -0.2) is 7.11 Å². The van der Waals surface area contributed by atoms with Crippen molar-refractivity contribution in [1.82, 2.24) is 0 Å². The lowest BCUT2D eigenvalue weighted by atomic mass is 10.2. The van der Waals surface area contributed by atoms with Gasteiger partial charge in [-0.2, -0.15) is 0 Å². The molecule has 0 aromatic heterocycles. The predicted octanol–water partition coefficient (Wildman–Crippen LogP) is 4.49. The molecule has 106 valence electrons. The van der Waals surface area contributed by atoms with E-state index in [1.807, 2.05) is 0 Å². The van der Waals surface area contributed by atoms with Gasteiger partial charge in [0, 0.05) is 23.9 Å². The Hall–Kier alpha value is -1.69. The summed E-state index contributed by atoms with van der Waals surface area (Å²) in [5.74, 6) is -1.75. The zero-order chi connectivity index (χ0) is 14.7. The Morgan fingerprint density at radius 2 is 1.80 bits per heavy atom. The number of hydrogen-bond acceptors (Lipinski definition) is 2. The number of rotatable bonds is 4. The number of methoxy groups -OCH3 is 1. The number of anilines is 1. The number of benzene rings is 2. The van der Waals surface area contributed by atoms with Crippen LogP contribution in [0.4, 0.5) is 18.9 Å². The Morgan fingerprint density at radius 1 is 1.10 bits per heavy atom. The van der Waals surface area contributed by atoms with E-state index in [4.69, 9.17) is 4.74 Å². The molecule has 2 nitrogen and oxygen atoms in total. The van der Waals surface area contributed by atoms with Crippen LogP contribution in [0.5, 0.6) is 5.75 Å². The normalized spacial score (nSPS) is 10.4. The van der Waals surface area contributed by atoms with Gasteiger partial charge < -0.3 is 10.1 Å². The lowest BCUT2D eigenvalue weighted by Gasteiger charge is -2.11. The van der Waals surface area contributed by atoms with Gasteiger partial charge in [0.05, 0.1) is 11.6 Å². The summed E-state index contributed by atoms with van der Waals surface area (Å²) in [7, 11) is 1.34. The Morgan fingerprint density at radius 3 is 2.50 bits per heavy atom. The van der Waals surface area contributed by atoms with E-state index in [1.165, 1.54) is 37.4 Å². The van der Waals surface area contributed by atoms with E-state index in [0.29, 0.717) is 5.69 Å². The molecule has 0 spiro atoms. The van der Waals surface area contributed by atoms with Crippen LogP contribution in [0.1, 0.15) is 5.56 Å². The number of nitrogens with one attached hydrogen (secondary N) is 1. The first kappa shape index (κ1) is 14.7. The van der Waals surface area contributed by atoms with Gasteiger partial charge in [0.2, 0.25) is 0 Å². The van der Waals surface area contributed by atoms with Crippen molar-refractivity contribution >= 4 is 21.6 Å². The molecular formula is C14H11BrF3NO. The average molecular weight is 346 g/mol. The summed E-state index contributed by atoms with van der Waals surface area (Å²) in [5, 5.41) is 2.82. The molecule has 2 aromatic rings. The molecule has 0 atom stereocenters. The topological polar surface area (TPSA) is 21.3 Å². The van der Waals surface area contributed by atoms with Gasteiger partial charge in [0.1, 0.15) is 11.6 Å². The first-order chi connectivity index (χ1) is 9.52. The molecule has 20 heavy (non-hydrogen) atoms. The summed E-state index contributed by atoms with van der Waals surface area (Å²) in [4.78, 5) is 0. The monoisotopic (exact) mass is 345 g/mol. The molecule has 0 aliphatic heterocycles. The third kappa shape index (κ3) is 3.07. The smallest absolute Gasteiger partial charge is 0.165 e. The molecule has 6 heteroatoms. The zero-order valence-electron chi connectivity index (χ0n) is 10.5. The number of halogens is 4. The summed E-state index contributed by atoms with van der Waals surface area (Å²) in [5.41, 5.74) is 0.407. The van der Waals surface area contributed by atoms with Gasteiger partial charge in [0.25, 0.3) is 0 Å². The van der Waals surface area contributed by atoms with Crippen molar-refractivity contribution in [1.29, 1.82) is 0 Å². The molecule has 0 heterocycles. The SMILES string of the molecule is COc1cc(NCc2c(F)ccc(Br)c2F)ccc1F. The lowest BCUT2D eigenvalue weighted by molar-refractivity contribution is 0.387. The molecule has 0 aliphatic carbocycles. The van der Waals surface area contributed by atoms with Crippen LogP contribution in [0.25, 0.3) is 0 Å². The molecule has 0 saturated heterocycles. The first-order valence-electron chi connectivity index (χ1n) is 5.72. The van der Waals surface area contributed by atoms with E-state index in [1.54, 1.807) is 0 Å². The van der Waals surface area contributed by atoms with Gasteiger partial charge in [-0.15, -0.1) is 0 Å². The van der Waals surface area contributed by atoms with Crippen LogP contribution in [-0.2, 0) is 6.54 Å². The van der Waals surface area contributed by atoms with Gasteiger partial charge in [-0.05, 0) is 40.2 Å². The van der Waals surface area contributed by atoms with Gasteiger partial charge >= 0.3 is 0 Å². The van der Waals surface area contributed by atoms with Crippen molar-refractivity contribution in [2.45, 2.75) is 6.54 Å². The molecule has 2 aromatic carbocycles. The predicted molar refractivity (Wildman–Crippen MR) is 74.3 cm³/mol. The van der Waals surface area contributed by atoms with Crippen molar-refractivity contribution in [2.24, 2.45) is 0 Å². The minimum absolute atomic E-state index is 0.0604. The second kappa shape index (κ2) is 6.17. The Bertz CT molecular complexity index is 634. The fourth-order valence-corrected chi connectivity index (χ4v) is 2.06. The van der Waals surface area contributed by atoms with Crippen molar-refractivity contribution in [3.05, 3.63) is 57.8 Å². The fourth-order valence-electron chi connectivity index (χ4n) is 1.69. The fraction of sp³-hybridized carbons (Fsp3) is 0.143. The summed E-state index contributed by atoms with van der Waals surface area (Å²) in [6, 6.07) is 6.58. The third-order valence-corrected chi connectivity index (χ3v) is 3.37. The minimum Gasteiger partial charge on any atom is -0.494 e. The molecular weight excluding hydrogens is 335 g/mol. The lowest BCUT2D eigenvalue weighted by Crippen LogP contribution is -2.05. The van der Waals surface area contributed by atoms with E-state index in [0.717, 1.165) is 0 Å². The summed E-state index contributed by atoms with van der Waals surface area (Å²) < 4.78 is 45.6. The Labute approximate surface area is 122 Å². The van der Waals surface area contributed by atoms with Crippen molar-refractivity contribution in [3.8, 4) is 5.75 Å². The number of ether oxygens (including phenoxy) is 1. The first-order valence-corrected chi connectivity index (χ1v) is 6.52. The van der Waals surface area contributed by atoms with Crippen LogP contribution in [0.3, 0.4) is 0 Å². The van der Waals surface area contributed by atoms with Crippen LogP contribution in [0, 0.1) is 17.5 Å². The molecule has 0 aliphatic rings. The van der Waals surface area contributed by atoms with E-state index < -0.39 is 17.5 Å². The maximum atomic E-state index is 13.8. The highest BCUT2D eigenvalue weighted by molar-refractivity contribution is 9.10. The maximum absolute atomic E-state index is 13.8. The van der Waals surface area contributed by atoms with Crippen LogP contribution in [0.2, 0.25) is 0 Å². The Kier molecular flexibility index (Phi) is 4.54. The van der Waals surface area contributed by atoms with Gasteiger partial charge in [-0.25, -0.2) is 13.2 Å². The van der Waals surface area contributed by atoms with E-state index >= 15 is 0 Å². The molecule has 0 fully saturated rings. The molecule has 0 bridgehead atoms. The average Bonchev–Trinajstić information content (AvgIpc) is 2.44. The molecule has 1 N–H and O–H groups in total. The van der Waals surface area contributed by atoms with Crippen LogP contribution in [0.15, 0.2) is 34.8 Å².